The first kappa shape index (κ1) is 17.1. The third-order valence-corrected chi connectivity index (χ3v) is 3.64. The summed E-state index contributed by atoms with van der Waals surface area (Å²) in [7, 11) is 0. The van der Waals surface area contributed by atoms with Gasteiger partial charge in [-0.15, -0.1) is 6.58 Å². The van der Waals surface area contributed by atoms with Crippen molar-refractivity contribution in [2.75, 3.05) is 13.2 Å². The van der Waals surface area contributed by atoms with Crippen molar-refractivity contribution < 1.29 is 28.2 Å². The van der Waals surface area contributed by atoms with Gasteiger partial charge in [0.05, 0.1) is 13.2 Å². The molecule has 0 heterocycles. The number of hydrogen-bond acceptors (Lipinski definition) is 3. The summed E-state index contributed by atoms with van der Waals surface area (Å²) >= 11 is 0. The zero-order valence-corrected chi connectivity index (χ0v) is 12.3. The Morgan fingerprint density at radius 3 is 2.87 bits per heavy atom. The maximum absolute atomic E-state index is 13.7. The van der Waals surface area contributed by atoms with Gasteiger partial charge in [0, 0.05) is 5.92 Å². The molecule has 2 rings (SSSR count). The second kappa shape index (κ2) is 7.32. The van der Waals surface area contributed by atoms with Gasteiger partial charge in [0.15, 0.2) is 17.7 Å². The van der Waals surface area contributed by atoms with Gasteiger partial charge in [0.2, 0.25) is 5.91 Å². The number of rotatable bonds is 8. The smallest absolute Gasteiger partial charge is 0.328 e. The normalized spacial score (nSPS) is 20.6. The van der Waals surface area contributed by atoms with Gasteiger partial charge in [-0.05, 0) is 24.0 Å². The number of nitrogens with one attached hydrogen (secondary N) is 1. The van der Waals surface area contributed by atoms with E-state index in [0.29, 0.717) is 6.42 Å². The first-order valence-corrected chi connectivity index (χ1v) is 7.11. The van der Waals surface area contributed by atoms with E-state index in [1.165, 1.54) is 18.2 Å². The molecule has 1 aliphatic carbocycles. The third kappa shape index (κ3) is 4.13. The Kier molecular flexibility index (Phi) is 5.44. The van der Waals surface area contributed by atoms with Crippen molar-refractivity contribution in [2.24, 2.45) is 5.92 Å². The molecule has 1 fully saturated rings. The molecule has 1 saturated carbocycles. The summed E-state index contributed by atoms with van der Waals surface area (Å²) in [5.74, 6) is -4.65. The van der Waals surface area contributed by atoms with Gasteiger partial charge in [-0.3, -0.25) is 4.79 Å². The summed E-state index contributed by atoms with van der Waals surface area (Å²) in [6.07, 6.45) is 1.82. The maximum atomic E-state index is 13.7. The van der Waals surface area contributed by atoms with Crippen molar-refractivity contribution in [2.45, 2.75) is 18.4 Å². The van der Waals surface area contributed by atoms with Crippen molar-refractivity contribution >= 4 is 11.9 Å². The molecule has 3 atom stereocenters. The van der Waals surface area contributed by atoms with E-state index in [2.05, 4.69) is 11.9 Å². The Hall–Kier alpha value is -2.28. The van der Waals surface area contributed by atoms with Crippen LogP contribution < -0.4 is 5.32 Å². The molecule has 3 unspecified atom stereocenters. The Bertz CT molecular complexity index is 620. The number of carbonyl (C=O) groups is 2. The van der Waals surface area contributed by atoms with Crippen molar-refractivity contribution in [1.82, 2.24) is 5.32 Å². The fraction of sp³-hybridized carbons (Fsp3) is 0.375. The molecule has 0 saturated heterocycles. The molecule has 1 aromatic rings. The molecule has 5 nitrogen and oxygen atoms in total. The number of carboxylic acid groups (broad SMARTS) is 1. The van der Waals surface area contributed by atoms with E-state index >= 15 is 0 Å². The minimum atomic E-state index is -1.23. The zero-order valence-electron chi connectivity index (χ0n) is 12.3. The summed E-state index contributed by atoms with van der Waals surface area (Å²) in [5.41, 5.74) is 0.139. The van der Waals surface area contributed by atoms with Crippen LogP contribution in [0.15, 0.2) is 30.9 Å². The van der Waals surface area contributed by atoms with Gasteiger partial charge < -0.3 is 15.2 Å². The van der Waals surface area contributed by atoms with E-state index in [-0.39, 0.29) is 18.8 Å². The Morgan fingerprint density at radius 1 is 1.48 bits per heavy atom. The van der Waals surface area contributed by atoms with E-state index in [1.807, 2.05) is 0 Å². The van der Waals surface area contributed by atoms with Crippen molar-refractivity contribution in [3.05, 3.63) is 48.1 Å². The van der Waals surface area contributed by atoms with E-state index in [9.17, 15) is 18.4 Å². The molecule has 1 aromatic carbocycles. The second-order valence-electron chi connectivity index (χ2n) is 5.32. The quantitative estimate of drug-likeness (QED) is 0.565. The molecule has 0 radical (unpaired) electrons. The van der Waals surface area contributed by atoms with Crippen LogP contribution in [0.2, 0.25) is 0 Å². The van der Waals surface area contributed by atoms with E-state index < -0.39 is 41.4 Å². The maximum Gasteiger partial charge on any atom is 0.328 e. The predicted octanol–water partition coefficient (Wildman–Crippen LogP) is 1.84. The lowest BCUT2D eigenvalue weighted by atomic mass is 10.1. The molecule has 0 aromatic heterocycles. The zero-order chi connectivity index (χ0) is 17.0. The van der Waals surface area contributed by atoms with Crippen LogP contribution in [-0.2, 0) is 14.3 Å². The minimum absolute atomic E-state index is 0.139. The summed E-state index contributed by atoms with van der Waals surface area (Å²) in [6.45, 7) is 3.41. The average molecular weight is 325 g/mol. The van der Waals surface area contributed by atoms with Gasteiger partial charge in [0.1, 0.15) is 0 Å². The van der Waals surface area contributed by atoms with Gasteiger partial charge in [0.25, 0.3) is 0 Å². The van der Waals surface area contributed by atoms with Gasteiger partial charge in [-0.2, -0.15) is 0 Å². The number of amides is 1. The van der Waals surface area contributed by atoms with Crippen LogP contribution >= 0.6 is 0 Å². The predicted molar refractivity (Wildman–Crippen MR) is 77.8 cm³/mol. The lowest BCUT2D eigenvalue weighted by molar-refractivity contribution is -0.143. The molecule has 124 valence electrons. The van der Waals surface area contributed by atoms with Gasteiger partial charge >= 0.3 is 5.97 Å². The number of halogens is 2. The summed E-state index contributed by atoms with van der Waals surface area (Å²) < 4.78 is 31.9. The number of carboxylic acids is 1. The molecule has 7 heteroatoms. The average Bonchev–Trinajstić information content (AvgIpc) is 3.29. The van der Waals surface area contributed by atoms with Gasteiger partial charge in [-0.1, -0.05) is 18.2 Å². The van der Waals surface area contributed by atoms with Crippen molar-refractivity contribution in [3.8, 4) is 0 Å². The fourth-order valence-electron chi connectivity index (χ4n) is 2.36. The molecular formula is C16H17F2NO4. The lowest BCUT2D eigenvalue weighted by Crippen LogP contribution is -2.44. The van der Waals surface area contributed by atoms with Crippen molar-refractivity contribution in [1.29, 1.82) is 0 Å². The first-order chi connectivity index (χ1) is 11.0. The Balaban J connectivity index is 1.95. The highest BCUT2D eigenvalue weighted by molar-refractivity contribution is 5.87. The number of ether oxygens (including phenoxy) is 1. The van der Waals surface area contributed by atoms with Crippen LogP contribution in [0.4, 0.5) is 8.78 Å². The standard InChI is InChI=1S/C16H17F2NO4/c1-2-6-23-8-13(16(21)22)19-15(20)11-7-10(11)9-4-3-5-12(17)14(9)18/h2-5,10-11,13H,1,6-8H2,(H,19,20)(H,21,22). The number of hydrogen-bond donors (Lipinski definition) is 2. The number of benzene rings is 1. The van der Waals surface area contributed by atoms with E-state index in [4.69, 9.17) is 9.84 Å². The van der Waals surface area contributed by atoms with Crippen LogP contribution in [0, 0.1) is 17.6 Å². The van der Waals surface area contributed by atoms with Crippen LogP contribution in [0.3, 0.4) is 0 Å². The summed E-state index contributed by atoms with van der Waals surface area (Å²) in [4.78, 5) is 23.2. The SMILES string of the molecule is C=CCOCC(NC(=O)C1CC1c1cccc(F)c1F)C(=O)O. The minimum Gasteiger partial charge on any atom is -0.480 e. The second-order valence-corrected chi connectivity index (χ2v) is 5.32. The highest BCUT2D eigenvalue weighted by Crippen LogP contribution is 2.48. The molecule has 0 bridgehead atoms. The number of carbonyl (C=O) groups excluding carboxylic acids is 1. The molecule has 0 aliphatic heterocycles. The van der Waals surface area contributed by atoms with E-state index in [1.54, 1.807) is 0 Å². The van der Waals surface area contributed by atoms with Crippen LogP contribution in [0.25, 0.3) is 0 Å². The first-order valence-electron chi connectivity index (χ1n) is 7.11. The molecule has 1 aliphatic rings. The third-order valence-electron chi connectivity index (χ3n) is 3.64. The molecular weight excluding hydrogens is 308 g/mol. The topological polar surface area (TPSA) is 75.6 Å². The summed E-state index contributed by atoms with van der Waals surface area (Å²) in [6, 6.07) is 2.62. The molecule has 23 heavy (non-hydrogen) atoms. The number of aliphatic carboxylic acids is 1. The highest BCUT2D eigenvalue weighted by Gasteiger charge is 2.46. The van der Waals surface area contributed by atoms with E-state index in [0.717, 1.165) is 6.07 Å². The summed E-state index contributed by atoms with van der Waals surface area (Å²) in [5, 5.41) is 11.4. The van der Waals surface area contributed by atoms with Crippen LogP contribution in [0.1, 0.15) is 17.9 Å². The van der Waals surface area contributed by atoms with Crippen LogP contribution in [-0.4, -0.2) is 36.2 Å². The Labute approximate surface area is 131 Å². The van der Waals surface area contributed by atoms with Crippen LogP contribution in [0.5, 0.6) is 0 Å². The van der Waals surface area contributed by atoms with Gasteiger partial charge in [-0.25, -0.2) is 13.6 Å². The highest BCUT2D eigenvalue weighted by atomic mass is 19.2. The fourth-order valence-corrected chi connectivity index (χ4v) is 2.36. The Morgan fingerprint density at radius 2 is 2.22 bits per heavy atom. The van der Waals surface area contributed by atoms with Crippen molar-refractivity contribution in [3.63, 3.8) is 0 Å². The monoisotopic (exact) mass is 325 g/mol. The lowest BCUT2D eigenvalue weighted by Gasteiger charge is -2.14. The molecule has 1 amide bonds. The largest absolute Gasteiger partial charge is 0.480 e. The molecule has 2 N–H and O–H groups in total. The molecule has 0 spiro atoms.